The van der Waals surface area contributed by atoms with Gasteiger partial charge in [0, 0.05) is 31.5 Å². The number of hydrogen-bond donors (Lipinski definition) is 2. The molecular weight excluding hydrogens is 340 g/mol. The lowest BCUT2D eigenvalue weighted by Crippen LogP contribution is -2.44. The Hall–Kier alpha value is -2.37. The number of likely N-dealkylation sites (tertiary alicyclic amines) is 1. The van der Waals surface area contributed by atoms with Crippen molar-refractivity contribution in [3.05, 3.63) is 29.6 Å². The third-order valence-corrected chi connectivity index (χ3v) is 5.97. The largest absolute Gasteiger partial charge is 0.352 e. The number of amides is 2. The van der Waals surface area contributed by atoms with Crippen molar-refractivity contribution in [1.82, 2.24) is 20.2 Å². The van der Waals surface area contributed by atoms with Crippen LogP contribution in [0.5, 0.6) is 0 Å². The molecule has 1 saturated carbocycles. The van der Waals surface area contributed by atoms with Crippen LogP contribution >= 0.6 is 0 Å². The van der Waals surface area contributed by atoms with Crippen LogP contribution < -0.4 is 5.32 Å². The second kappa shape index (κ2) is 7.71. The van der Waals surface area contributed by atoms with E-state index in [9.17, 15) is 9.59 Å². The summed E-state index contributed by atoms with van der Waals surface area (Å²) in [6.07, 6.45) is 5.91. The maximum Gasteiger partial charge on any atom is 0.226 e. The average Bonchev–Trinajstić information content (AvgIpc) is 3.34. The number of aromatic nitrogens is 2. The van der Waals surface area contributed by atoms with E-state index in [1.807, 2.05) is 30.0 Å². The van der Waals surface area contributed by atoms with Gasteiger partial charge >= 0.3 is 0 Å². The molecule has 6 heteroatoms. The molecule has 6 nitrogen and oxygen atoms in total. The van der Waals surface area contributed by atoms with Crippen LogP contribution in [-0.4, -0.2) is 39.8 Å². The van der Waals surface area contributed by atoms with Gasteiger partial charge in [-0.2, -0.15) is 0 Å². The molecule has 1 aliphatic heterocycles. The summed E-state index contributed by atoms with van der Waals surface area (Å²) < 4.78 is 0. The maximum atomic E-state index is 12.9. The molecule has 2 atom stereocenters. The van der Waals surface area contributed by atoms with E-state index in [4.69, 9.17) is 0 Å². The van der Waals surface area contributed by atoms with Crippen LogP contribution in [0.1, 0.15) is 49.9 Å². The quantitative estimate of drug-likeness (QED) is 0.871. The fraction of sp³-hybridized carbons (Fsp3) is 0.571. The zero-order valence-electron chi connectivity index (χ0n) is 16.0. The van der Waals surface area contributed by atoms with Crippen LogP contribution in [-0.2, 0) is 16.1 Å². The van der Waals surface area contributed by atoms with E-state index in [0.717, 1.165) is 74.0 Å². The van der Waals surface area contributed by atoms with Gasteiger partial charge in [-0.1, -0.05) is 18.9 Å². The average molecular weight is 368 g/mol. The molecule has 1 aromatic heterocycles. The van der Waals surface area contributed by atoms with Crippen LogP contribution in [0.2, 0.25) is 0 Å². The highest BCUT2D eigenvalue weighted by atomic mass is 16.2. The second-order valence-electron chi connectivity index (χ2n) is 7.92. The Kier molecular flexibility index (Phi) is 5.14. The number of nitrogens with one attached hydrogen (secondary N) is 2. The first kappa shape index (κ1) is 18.0. The zero-order chi connectivity index (χ0) is 18.8. The number of H-pyrrole nitrogens is 1. The predicted molar refractivity (Wildman–Crippen MR) is 104 cm³/mol. The fourth-order valence-corrected chi connectivity index (χ4v) is 4.53. The van der Waals surface area contributed by atoms with E-state index in [-0.39, 0.29) is 23.7 Å². The summed E-state index contributed by atoms with van der Waals surface area (Å²) >= 11 is 0. The number of benzene rings is 1. The molecule has 0 radical (unpaired) electrons. The Morgan fingerprint density at radius 3 is 2.67 bits per heavy atom. The van der Waals surface area contributed by atoms with Gasteiger partial charge in [0.05, 0.1) is 11.0 Å². The first-order chi connectivity index (χ1) is 13.1. The van der Waals surface area contributed by atoms with Crippen LogP contribution in [0.25, 0.3) is 11.0 Å². The van der Waals surface area contributed by atoms with Crippen molar-refractivity contribution in [3.63, 3.8) is 0 Å². The van der Waals surface area contributed by atoms with E-state index in [1.165, 1.54) is 0 Å². The minimum absolute atomic E-state index is 0.0214. The molecule has 1 aliphatic carbocycles. The third-order valence-electron chi connectivity index (χ3n) is 5.97. The zero-order valence-corrected chi connectivity index (χ0v) is 16.0. The Balaban J connectivity index is 1.41. The summed E-state index contributed by atoms with van der Waals surface area (Å²) in [6, 6.07) is 6.00. The molecule has 0 unspecified atom stereocenters. The summed E-state index contributed by atoms with van der Waals surface area (Å²) in [5.74, 6) is 0.770. The van der Waals surface area contributed by atoms with E-state index in [1.54, 1.807) is 0 Å². The van der Waals surface area contributed by atoms with Gasteiger partial charge in [-0.3, -0.25) is 9.59 Å². The topological polar surface area (TPSA) is 78.1 Å². The van der Waals surface area contributed by atoms with Crippen molar-refractivity contribution < 1.29 is 9.59 Å². The maximum absolute atomic E-state index is 12.9. The summed E-state index contributed by atoms with van der Waals surface area (Å²) in [5.41, 5.74) is 2.96. The molecule has 1 aromatic carbocycles. The second-order valence-corrected chi connectivity index (χ2v) is 7.92. The normalized spacial score (nSPS) is 22.9. The minimum Gasteiger partial charge on any atom is -0.352 e. The summed E-state index contributed by atoms with van der Waals surface area (Å²) in [6.45, 7) is 4.12. The molecule has 2 aromatic rings. The molecule has 2 aliphatic rings. The molecule has 0 spiro atoms. The number of carbonyl (C=O) groups is 2. The standard InChI is InChI=1S/C21H28N4O2/c1-14-23-18-9-8-15(12-19(18)24-14)13-22-20(26)16-6-2-3-7-17(16)21(27)25-10-4-5-11-25/h8-9,12,16-17H,2-7,10-11,13H2,1H3,(H,22,26)(H,23,24)/t16-,17+/m0/s1. The number of rotatable bonds is 4. The molecule has 144 valence electrons. The summed E-state index contributed by atoms with van der Waals surface area (Å²) in [7, 11) is 0. The predicted octanol–water partition coefficient (Wildman–Crippen LogP) is 2.92. The van der Waals surface area contributed by atoms with Gasteiger partial charge in [-0.25, -0.2) is 4.98 Å². The van der Waals surface area contributed by atoms with Gasteiger partial charge in [-0.05, 0) is 50.3 Å². The van der Waals surface area contributed by atoms with E-state index in [2.05, 4.69) is 15.3 Å². The first-order valence-electron chi connectivity index (χ1n) is 10.1. The molecule has 0 bridgehead atoms. The number of aryl methyl sites for hydroxylation is 1. The Morgan fingerprint density at radius 2 is 1.89 bits per heavy atom. The molecule has 27 heavy (non-hydrogen) atoms. The highest BCUT2D eigenvalue weighted by molar-refractivity contribution is 5.88. The lowest BCUT2D eigenvalue weighted by molar-refractivity contribution is -0.142. The van der Waals surface area contributed by atoms with E-state index in [0.29, 0.717) is 6.54 Å². The molecule has 2 amide bonds. The molecule has 2 heterocycles. The lowest BCUT2D eigenvalue weighted by Gasteiger charge is -2.32. The number of carbonyl (C=O) groups excluding carboxylic acids is 2. The SMILES string of the molecule is Cc1nc2ccc(CNC(=O)[C@H]3CCCC[C@H]3C(=O)N3CCCC3)cc2[nH]1. The van der Waals surface area contributed by atoms with Crippen molar-refractivity contribution in [2.75, 3.05) is 13.1 Å². The molecule has 1 saturated heterocycles. The van der Waals surface area contributed by atoms with Crippen molar-refractivity contribution in [2.24, 2.45) is 11.8 Å². The summed E-state index contributed by atoms with van der Waals surface area (Å²) in [4.78, 5) is 35.3. The number of hydrogen-bond acceptors (Lipinski definition) is 3. The Labute approximate surface area is 159 Å². The monoisotopic (exact) mass is 368 g/mol. The third kappa shape index (κ3) is 3.84. The van der Waals surface area contributed by atoms with Crippen molar-refractivity contribution in [2.45, 2.75) is 52.0 Å². The van der Waals surface area contributed by atoms with Gasteiger partial charge in [0.1, 0.15) is 5.82 Å². The van der Waals surface area contributed by atoms with E-state index >= 15 is 0 Å². The Bertz CT molecular complexity index is 838. The van der Waals surface area contributed by atoms with Crippen LogP contribution in [0.15, 0.2) is 18.2 Å². The summed E-state index contributed by atoms with van der Waals surface area (Å²) in [5, 5.41) is 3.07. The fourth-order valence-electron chi connectivity index (χ4n) is 4.53. The molecule has 4 rings (SSSR count). The van der Waals surface area contributed by atoms with Crippen LogP contribution in [0, 0.1) is 18.8 Å². The number of aromatic amines is 1. The van der Waals surface area contributed by atoms with Gasteiger partial charge in [-0.15, -0.1) is 0 Å². The van der Waals surface area contributed by atoms with E-state index < -0.39 is 0 Å². The molecular formula is C21H28N4O2. The van der Waals surface area contributed by atoms with Crippen LogP contribution in [0.3, 0.4) is 0 Å². The first-order valence-corrected chi connectivity index (χ1v) is 10.1. The van der Waals surface area contributed by atoms with Gasteiger partial charge in [0.15, 0.2) is 0 Å². The van der Waals surface area contributed by atoms with Gasteiger partial charge in [0.25, 0.3) is 0 Å². The van der Waals surface area contributed by atoms with Crippen LogP contribution in [0.4, 0.5) is 0 Å². The Morgan fingerprint density at radius 1 is 1.15 bits per heavy atom. The van der Waals surface area contributed by atoms with Crippen molar-refractivity contribution in [3.8, 4) is 0 Å². The van der Waals surface area contributed by atoms with Crippen molar-refractivity contribution in [1.29, 1.82) is 0 Å². The highest BCUT2D eigenvalue weighted by Gasteiger charge is 2.38. The lowest BCUT2D eigenvalue weighted by atomic mass is 9.78. The number of nitrogens with zero attached hydrogens (tertiary/aromatic N) is 2. The molecule has 2 fully saturated rings. The number of fused-ring (bicyclic) bond motifs is 1. The van der Waals surface area contributed by atoms with Crippen molar-refractivity contribution >= 4 is 22.8 Å². The van der Waals surface area contributed by atoms with Gasteiger partial charge in [0.2, 0.25) is 11.8 Å². The highest BCUT2D eigenvalue weighted by Crippen LogP contribution is 2.32. The molecule has 2 N–H and O–H groups in total. The smallest absolute Gasteiger partial charge is 0.226 e. The number of imidazole rings is 1. The minimum atomic E-state index is -0.190. The van der Waals surface area contributed by atoms with Gasteiger partial charge < -0.3 is 15.2 Å².